The van der Waals surface area contributed by atoms with Gasteiger partial charge in [-0.05, 0) is 13.3 Å². The molecule has 1 atom stereocenters. The van der Waals surface area contributed by atoms with Crippen LogP contribution >= 0.6 is 12.2 Å². The summed E-state index contributed by atoms with van der Waals surface area (Å²) in [6.07, 6.45) is 0.627. The Labute approximate surface area is 72.3 Å². The highest BCUT2D eigenvalue weighted by Crippen LogP contribution is 2.21. The van der Waals surface area contributed by atoms with E-state index in [0.29, 0.717) is 6.42 Å². The van der Waals surface area contributed by atoms with Crippen LogP contribution in [0, 0.1) is 5.41 Å². The zero-order chi connectivity index (χ0) is 9.07. The highest BCUT2D eigenvalue weighted by molar-refractivity contribution is 7.80. The van der Waals surface area contributed by atoms with Gasteiger partial charge >= 0.3 is 0 Å². The van der Waals surface area contributed by atoms with E-state index in [1.807, 2.05) is 6.92 Å². The first kappa shape index (κ1) is 10.4. The zero-order valence-corrected chi connectivity index (χ0v) is 7.92. The lowest BCUT2D eigenvalue weighted by molar-refractivity contribution is -0.126. The number of carbonyl (C=O) groups is 1. The van der Waals surface area contributed by atoms with E-state index in [2.05, 4.69) is 5.32 Å². The highest BCUT2D eigenvalue weighted by Gasteiger charge is 2.33. The van der Waals surface area contributed by atoms with E-state index in [1.54, 1.807) is 14.0 Å². The van der Waals surface area contributed by atoms with Gasteiger partial charge < -0.3 is 11.1 Å². The number of nitrogens with one attached hydrogen (secondary N) is 1. The maximum atomic E-state index is 11.2. The fourth-order valence-electron chi connectivity index (χ4n) is 0.723. The smallest absolute Gasteiger partial charge is 0.232 e. The van der Waals surface area contributed by atoms with Crippen molar-refractivity contribution in [1.82, 2.24) is 5.32 Å². The molecule has 0 aliphatic rings. The lowest BCUT2D eigenvalue weighted by atomic mass is 9.86. The maximum absolute atomic E-state index is 11.2. The third kappa shape index (κ3) is 1.89. The molecule has 0 heterocycles. The van der Waals surface area contributed by atoms with E-state index in [-0.39, 0.29) is 10.9 Å². The van der Waals surface area contributed by atoms with Crippen LogP contribution in [0.15, 0.2) is 0 Å². The minimum atomic E-state index is -0.690. The van der Waals surface area contributed by atoms with Crippen molar-refractivity contribution in [1.29, 1.82) is 0 Å². The lowest BCUT2D eigenvalue weighted by Gasteiger charge is -2.24. The maximum Gasteiger partial charge on any atom is 0.232 e. The van der Waals surface area contributed by atoms with E-state index in [1.165, 1.54) is 0 Å². The summed E-state index contributed by atoms with van der Waals surface area (Å²) in [5, 5.41) is 2.53. The second kappa shape index (κ2) is 3.67. The Bertz CT molecular complexity index is 181. The largest absolute Gasteiger partial charge is 0.392 e. The van der Waals surface area contributed by atoms with Crippen molar-refractivity contribution in [3.63, 3.8) is 0 Å². The average Bonchev–Trinajstić information content (AvgIpc) is 2.01. The van der Waals surface area contributed by atoms with Crippen LogP contribution in [0.3, 0.4) is 0 Å². The normalized spacial score (nSPS) is 15.2. The molecule has 3 N–H and O–H groups in total. The average molecular weight is 174 g/mol. The molecule has 1 amide bonds. The van der Waals surface area contributed by atoms with Crippen molar-refractivity contribution in [2.24, 2.45) is 11.1 Å². The molecule has 0 radical (unpaired) electrons. The van der Waals surface area contributed by atoms with Gasteiger partial charge in [0, 0.05) is 7.05 Å². The summed E-state index contributed by atoms with van der Waals surface area (Å²) in [5.74, 6) is -0.118. The van der Waals surface area contributed by atoms with Gasteiger partial charge in [0.1, 0.15) is 0 Å². The molecular weight excluding hydrogens is 160 g/mol. The molecule has 0 aromatic rings. The summed E-state index contributed by atoms with van der Waals surface area (Å²) >= 11 is 4.79. The lowest BCUT2D eigenvalue weighted by Crippen LogP contribution is -2.45. The van der Waals surface area contributed by atoms with Crippen LogP contribution in [-0.2, 0) is 4.79 Å². The molecule has 0 aliphatic carbocycles. The molecule has 1 unspecified atom stereocenters. The van der Waals surface area contributed by atoms with E-state index >= 15 is 0 Å². The molecule has 0 saturated heterocycles. The molecular formula is C7H14N2OS. The Balaban J connectivity index is 4.59. The highest BCUT2D eigenvalue weighted by atomic mass is 32.1. The molecule has 0 rings (SSSR count). The summed E-state index contributed by atoms with van der Waals surface area (Å²) in [6.45, 7) is 3.63. The Kier molecular flexibility index (Phi) is 3.45. The van der Waals surface area contributed by atoms with Gasteiger partial charge in [-0.15, -0.1) is 0 Å². The van der Waals surface area contributed by atoms with Crippen molar-refractivity contribution in [3.05, 3.63) is 0 Å². The monoisotopic (exact) mass is 174 g/mol. The Morgan fingerprint density at radius 2 is 2.18 bits per heavy atom. The SMILES string of the molecule is CCC(C)(C(=O)NC)C(N)=S. The fraction of sp³-hybridized carbons (Fsp3) is 0.714. The van der Waals surface area contributed by atoms with Crippen molar-refractivity contribution in [3.8, 4) is 0 Å². The third-order valence-corrected chi connectivity index (χ3v) is 2.43. The number of carbonyl (C=O) groups excluding carboxylic acids is 1. The number of nitrogens with two attached hydrogens (primary N) is 1. The zero-order valence-electron chi connectivity index (χ0n) is 7.10. The molecule has 0 bridgehead atoms. The van der Waals surface area contributed by atoms with Crippen LogP contribution in [0.4, 0.5) is 0 Å². The molecule has 0 fully saturated rings. The summed E-state index contributed by atoms with van der Waals surface area (Å²) in [6, 6.07) is 0. The van der Waals surface area contributed by atoms with Crippen LogP contribution in [0.1, 0.15) is 20.3 Å². The first-order valence-electron chi connectivity index (χ1n) is 3.51. The molecule has 0 aromatic carbocycles. The molecule has 0 saturated carbocycles. The second-order valence-corrected chi connectivity index (χ2v) is 3.07. The minimum absolute atomic E-state index is 0.118. The first-order valence-corrected chi connectivity index (χ1v) is 3.92. The molecule has 3 nitrogen and oxygen atoms in total. The van der Waals surface area contributed by atoms with Crippen LogP contribution in [-0.4, -0.2) is 17.9 Å². The Morgan fingerprint density at radius 3 is 2.27 bits per heavy atom. The van der Waals surface area contributed by atoms with Gasteiger partial charge in [-0.3, -0.25) is 4.79 Å². The summed E-state index contributed by atoms with van der Waals surface area (Å²) in [5.41, 5.74) is 4.74. The summed E-state index contributed by atoms with van der Waals surface area (Å²) < 4.78 is 0. The van der Waals surface area contributed by atoms with Crippen molar-refractivity contribution in [2.75, 3.05) is 7.05 Å². The van der Waals surface area contributed by atoms with Crippen LogP contribution in [0.25, 0.3) is 0 Å². The first-order chi connectivity index (χ1) is 4.99. The molecule has 64 valence electrons. The molecule has 0 spiro atoms. The number of thiocarbonyl (C=S) groups is 1. The van der Waals surface area contributed by atoms with Gasteiger partial charge in [0.2, 0.25) is 5.91 Å². The standard InChI is InChI=1S/C7H14N2OS/c1-4-7(2,5(8)11)6(10)9-3/h4H2,1-3H3,(H2,8,11)(H,9,10). The predicted octanol–water partition coefficient (Wildman–Crippen LogP) is 0.435. The van der Waals surface area contributed by atoms with Crippen molar-refractivity contribution < 1.29 is 4.79 Å². The van der Waals surface area contributed by atoms with Gasteiger partial charge in [-0.2, -0.15) is 0 Å². The van der Waals surface area contributed by atoms with E-state index in [4.69, 9.17) is 18.0 Å². The van der Waals surface area contributed by atoms with Gasteiger partial charge in [0.05, 0.1) is 10.4 Å². The van der Waals surface area contributed by atoms with Gasteiger partial charge in [-0.25, -0.2) is 0 Å². The quantitative estimate of drug-likeness (QED) is 0.610. The van der Waals surface area contributed by atoms with E-state index in [0.717, 1.165) is 0 Å². The van der Waals surface area contributed by atoms with E-state index in [9.17, 15) is 4.79 Å². The number of rotatable bonds is 3. The van der Waals surface area contributed by atoms with Crippen LogP contribution < -0.4 is 11.1 Å². The van der Waals surface area contributed by atoms with Crippen LogP contribution in [0.2, 0.25) is 0 Å². The van der Waals surface area contributed by atoms with Crippen LogP contribution in [0.5, 0.6) is 0 Å². The summed E-state index contributed by atoms with van der Waals surface area (Å²) in [7, 11) is 1.58. The predicted molar refractivity (Wildman–Crippen MR) is 49.3 cm³/mol. The fourth-order valence-corrected chi connectivity index (χ4v) is 0.960. The molecule has 0 aromatic heterocycles. The summed E-state index contributed by atoms with van der Waals surface area (Å²) in [4.78, 5) is 11.5. The van der Waals surface area contributed by atoms with Crippen molar-refractivity contribution in [2.45, 2.75) is 20.3 Å². The third-order valence-electron chi connectivity index (χ3n) is 1.98. The second-order valence-electron chi connectivity index (χ2n) is 2.63. The van der Waals surface area contributed by atoms with Crippen molar-refractivity contribution >= 4 is 23.1 Å². The molecule has 11 heavy (non-hydrogen) atoms. The van der Waals surface area contributed by atoms with Gasteiger partial charge in [0.15, 0.2) is 0 Å². The van der Waals surface area contributed by atoms with Gasteiger partial charge in [0.25, 0.3) is 0 Å². The van der Waals surface area contributed by atoms with E-state index < -0.39 is 5.41 Å². The Hall–Kier alpha value is -0.640. The number of amides is 1. The number of hydrogen-bond donors (Lipinski definition) is 2. The minimum Gasteiger partial charge on any atom is -0.392 e. The topological polar surface area (TPSA) is 55.1 Å². The number of hydrogen-bond acceptors (Lipinski definition) is 2. The van der Waals surface area contributed by atoms with Gasteiger partial charge in [-0.1, -0.05) is 19.1 Å². The Morgan fingerprint density at radius 1 is 1.73 bits per heavy atom. The molecule has 4 heteroatoms. The molecule has 0 aliphatic heterocycles.